The molecule has 0 aromatic heterocycles. The van der Waals surface area contributed by atoms with Crippen molar-refractivity contribution in [2.75, 3.05) is 6.61 Å². The van der Waals surface area contributed by atoms with Crippen LogP contribution in [0.15, 0.2) is 42.5 Å². The molecule has 2 aromatic rings. The minimum absolute atomic E-state index is 0.0212. The number of carbonyl (C=O) groups is 1. The third-order valence-electron chi connectivity index (χ3n) is 4.14. The van der Waals surface area contributed by atoms with Crippen molar-refractivity contribution in [2.24, 2.45) is 5.73 Å². The molecule has 2 atom stereocenters. The normalized spacial score (nSPS) is 20.2. The zero-order valence-corrected chi connectivity index (χ0v) is 13.0. The van der Waals surface area contributed by atoms with Gasteiger partial charge in [0.2, 0.25) is 5.91 Å². The minimum Gasteiger partial charge on any atom is -0.372 e. The maximum Gasteiger partial charge on any atom is 0.248 e. The fourth-order valence-corrected chi connectivity index (χ4v) is 2.90. The monoisotopic (exact) mass is 332 g/mol. The quantitative estimate of drug-likeness (QED) is 0.885. The highest BCUT2D eigenvalue weighted by Gasteiger charge is 2.29. The van der Waals surface area contributed by atoms with E-state index in [-0.39, 0.29) is 12.1 Å². The van der Waals surface area contributed by atoms with E-state index in [1.807, 2.05) is 6.07 Å². The van der Waals surface area contributed by atoms with E-state index < -0.39 is 17.5 Å². The number of nitrogens with two attached hydrogens (primary N) is 1. The van der Waals surface area contributed by atoms with Gasteiger partial charge in [0.25, 0.3) is 0 Å². The lowest BCUT2D eigenvalue weighted by atomic mass is 10.0. The number of rotatable bonds is 5. The number of amides is 1. The zero-order valence-electron chi connectivity index (χ0n) is 13.0. The number of hydrogen-bond donors (Lipinski definition) is 2. The van der Waals surface area contributed by atoms with E-state index >= 15 is 0 Å². The predicted molar refractivity (Wildman–Crippen MR) is 85.3 cm³/mol. The molecule has 0 aliphatic carbocycles. The average Bonchev–Trinajstić information content (AvgIpc) is 3.04. The van der Waals surface area contributed by atoms with Crippen LogP contribution in [0, 0.1) is 11.6 Å². The molecule has 6 heteroatoms. The molecular formula is C18H18F2N2O2. The van der Waals surface area contributed by atoms with Gasteiger partial charge < -0.3 is 15.8 Å². The summed E-state index contributed by atoms with van der Waals surface area (Å²) in [7, 11) is 0. The zero-order chi connectivity index (χ0) is 17.1. The highest BCUT2D eigenvalue weighted by molar-refractivity contribution is 5.92. The lowest BCUT2D eigenvalue weighted by Gasteiger charge is -2.20. The second-order valence-corrected chi connectivity index (χ2v) is 5.81. The fraction of sp³-hybridized carbons (Fsp3) is 0.278. The summed E-state index contributed by atoms with van der Waals surface area (Å²) >= 11 is 0. The highest BCUT2D eigenvalue weighted by Crippen LogP contribution is 2.30. The third-order valence-corrected chi connectivity index (χ3v) is 4.14. The van der Waals surface area contributed by atoms with Crippen molar-refractivity contribution in [1.82, 2.24) is 5.32 Å². The van der Waals surface area contributed by atoms with E-state index in [0.29, 0.717) is 24.3 Å². The molecule has 1 fully saturated rings. The van der Waals surface area contributed by atoms with Crippen LogP contribution >= 0.6 is 0 Å². The van der Waals surface area contributed by atoms with Gasteiger partial charge in [0, 0.05) is 24.8 Å². The van der Waals surface area contributed by atoms with Crippen LogP contribution in [0.5, 0.6) is 0 Å². The number of ether oxygens (including phenoxy) is 1. The molecule has 2 aromatic carbocycles. The molecule has 3 rings (SSSR count). The Kier molecular flexibility index (Phi) is 4.87. The summed E-state index contributed by atoms with van der Waals surface area (Å²) in [6, 6.07) is 10.9. The van der Waals surface area contributed by atoms with Crippen molar-refractivity contribution < 1.29 is 18.3 Å². The Morgan fingerprint density at radius 2 is 2.04 bits per heavy atom. The van der Waals surface area contributed by atoms with Gasteiger partial charge in [0.05, 0.1) is 6.10 Å². The van der Waals surface area contributed by atoms with Crippen molar-refractivity contribution in [2.45, 2.75) is 25.1 Å². The Balaban J connectivity index is 1.69. The lowest BCUT2D eigenvalue weighted by Crippen LogP contribution is -2.31. The number of primary amides is 1. The summed E-state index contributed by atoms with van der Waals surface area (Å²) in [6.07, 6.45) is 0.429. The van der Waals surface area contributed by atoms with Crippen LogP contribution in [-0.2, 0) is 11.3 Å². The second kappa shape index (κ2) is 7.07. The van der Waals surface area contributed by atoms with E-state index in [1.54, 1.807) is 18.2 Å². The topological polar surface area (TPSA) is 64.4 Å². The number of carbonyl (C=O) groups excluding carboxylic acids is 1. The van der Waals surface area contributed by atoms with Crippen LogP contribution in [0.3, 0.4) is 0 Å². The van der Waals surface area contributed by atoms with Gasteiger partial charge in [0.15, 0.2) is 11.6 Å². The Morgan fingerprint density at radius 1 is 1.21 bits per heavy atom. The lowest BCUT2D eigenvalue weighted by molar-refractivity contribution is 0.0980. The first kappa shape index (κ1) is 16.5. The largest absolute Gasteiger partial charge is 0.372 e. The van der Waals surface area contributed by atoms with E-state index in [2.05, 4.69) is 5.32 Å². The molecule has 0 unspecified atom stereocenters. The average molecular weight is 332 g/mol. The number of halogens is 2. The molecule has 1 heterocycles. The van der Waals surface area contributed by atoms with Crippen molar-refractivity contribution in [1.29, 1.82) is 0 Å². The van der Waals surface area contributed by atoms with Gasteiger partial charge in [0.1, 0.15) is 0 Å². The molecule has 0 radical (unpaired) electrons. The smallest absolute Gasteiger partial charge is 0.248 e. The van der Waals surface area contributed by atoms with Gasteiger partial charge >= 0.3 is 0 Å². The molecule has 0 bridgehead atoms. The van der Waals surface area contributed by atoms with Gasteiger partial charge in [-0.2, -0.15) is 0 Å². The number of nitrogens with one attached hydrogen (secondary N) is 1. The SMILES string of the molecule is NC(=O)c1cccc(CN[C@H]2CCO[C@H]2c2ccc(F)c(F)c2)c1. The van der Waals surface area contributed by atoms with Crippen molar-refractivity contribution >= 4 is 5.91 Å². The van der Waals surface area contributed by atoms with Gasteiger partial charge in [-0.25, -0.2) is 8.78 Å². The van der Waals surface area contributed by atoms with Crippen molar-refractivity contribution in [3.8, 4) is 0 Å². The van der Waals surface area contributed by atoms with Crippen LogP contribution in [0.4, 0.5) is 8.78 Å². The van der Waals surface area contributed by atoms with Crippen molar-refractivity contribution in [3.05, 3.63) is 70.8 Å². The summed E-state index contributed by atoms with van der Waals surface area (Å²) in [5.41, 5.74) is 7.26. The molecule has 24 heavy (non-hydrogen) atoms. The third kappa shape index (κ3) is 3.60. The molecule has 126 valence electrons. The first-order valence-electron chi connectivity index (χ1n) is 7.73. The predicted octanol–water partition coefficient (Wildman–Crippen LogP) is 2.68. The Hall–Kier alpha value is -2.31. The van der Waals surface area contributed by atoms with Crippen LogP contribution in [0.1, 0.15) is 34.0 Å². The molecule has 1 amide bonds. The Labute approximate surface area is 138 Å². The summed E-state index contributed by atoms with van der Waals surface area (Å²) in [6.45, 7) is 1.07. The van der Waals surface area contributed by atoms with E-state index in [4.69, 9.17) is 10.5 Å². The molecule has 1 saturated heterocycles. The van der Waals surface area contributed by atoms with Crippen LogP contribution in [-0.4, -0.2) is 18.6 Å². The van der Waals surface area contributed by atoms with E-state index in [9.17, 15) is 13.6 Å². The highest BCUT2D eigenvalue weighted by atomic mass is 19.2. The van der Waals surface area contributed by atoms with Crippen molar-refractivity contribution in [3.63, 3.8) is 0 Å². The summed E-state index contributed by atoms with van der Waals surface area (Å²) in [5, 5.41) is 3.35. The van der Waals surface area contributed by atoms with Gasteiger partial charge in [-0.05, 0) is 41.8 Å². The van der Waals surface area contributed by atoms with E-state index in [1.165, 1.54) is 12.1 Å². The standard InChI is InChI=1S/C18H18F2N2O2/c19-14-5-4-12(9-15(14)20)17-16(6-7-24-17)22-10-11-2-1-3-13(8-11)18(21)23/h1-5,8-9,16-17,22H,6-7,10H2,(H2,21,23)/t16-,17-/m0/s1. The molecule has 4 nitrogen and oxygen atoms in total. The summed E-state index contributed by atoms with van der Waals surface area (Å²) in [5.74, 6) is -2.22. The van der Waals surface area contributed by atoms with Gasteiger partial charge in [-0.3, -0.25) is 4.79 Å². The maximum absolute atomic E-state index is 13.4. The number of hydrogen-bond acceptors (Lipinski definition) is 3. The maximum atomic E-state index is 13.4. The first-order valence-corrected chi connectivity index (χ1v) is 7.73. The second-order valence-electron chi connectivity index (χ2n) is 5.81. The molecule has 3 N–H and O–H groups in total. The Bertz CT molecular complexity index is 752. The number of benzene rings is 2. The Morgan fingerprint density at radius 3 is 2.79 bits per heavy atom. The van der Waals surface area contributed by atoms with Gasteiger partial charge in [-0.15, -0.1) is 0 Å². The van der Waals surface area contributed by atoms with Crippen LogP contribution < -0.4 is 11.1 Å². The first-order chi connectivity index (χ1) is 11.5. The minimum atomic E-state index is -0.879. The summed E-state index contributed by atoms with van der Waals surface area (Å²) in [4.78, 5) is 11.2. The molecule has 0 saturated carbocycles. The summed E-state index contributed by atoms with van der Waals surface area (Å²) < 4.78 is 32.2. The fourth-order valence-electron chi connectivity index (χ4n) is 2.90. The van der Waals surface area contributed by atoms with Crippen LogP contribution in [0.25, 0.3) is 0 Å². The van der Waals surface area contributed by atoms with Gasteiger partial charge in [-0.1, -0.05) is 18.2 Å². The molecular weight excluding hydrogens is 314 g/mol. The molecule has 0 spiro atoms. The van der Waals surface area contributed by atoms with E-state index in [0.717, 1.165) is 18.1 Å². The molecule has 1 aliphatic rings. The molecule has 1 aliphatic heterocycles. The van der Waals surface area contributed by atoms with Crippen LogP contribution in [0.2, 0.25) is 0 Å².